The summed E-state index contributed by atoms with van der Waals surface area (Å²) in [4.78, 5) is 9.54. The van der Waals surface area contributed by atoms with Crippen molar-refractivity contribution >= 4 is 43.3 Å². The molecule has 2 aromatic heterocycles. The molecule has 4 nitrogen and oxygen atoms in total. The van der Waals surface area contributed by atoms with E-state index in [2.05, 4.69) is 48.7 Å². The number of benzene rings is 1. The molecule has 0 bridgehead atoms. The minimum atomic E-state index is 0.0727. The van der Waals surface area contributed by atoms with E-state index in [-0.39, 0.29) is 6.61 Å². The molecule has 2 heterocycles. The molecule has 3 rings (SSSR count). The summed E-state index contributed by atoms with van der Waals surface area (Å²) in [5, 5.41) is 15.2. The lowest BCUT2D eigenvalue weighted by atomic mass is 10.1. The number of aliphatic hydroxyl groups is 1. The Labute approximate surface area is 128 Å². The van der Waals surface area contributed by atoms with Crippen LogP contribution in [-0.2, 0) is 0 Å². The van der Waals surface area contributed by atoms with Crippen LogP contribution < -0.4 is 5.32 Å². The van der Waals surface area contributed by atoms with Gasteiger partial charge >= 0.3 is 0 Å². The summed E-state index contributed by atoms with van der Waals surface area (Å²) < 4.78 is 1.05. The Morgan fingerprint density at radius 3 is 2.75 bits per heavy atom. The lowest BCUT2D eigenvalue weighted by molar-refractivity contribution is 0.311. The second kappa shape index (κ2) is 5.87. The molecule has 0 aliphatic rings. The zero-order valence-electron chi connectivity index (χ0n) is 10.5. The molecule has 2 N–H and O–H groups in total. The van der Waals surface area contributed by atoms with E-state index in [1.165, 1.54) is 0 Å². The van der Waals surface area contributed by atoms with Crippen LogP contribution in [0.25, 0.3) is 21.3 Å². The van der Waals surface area contributed by atoms with Crippen LogP contribution in [0.1, 0.15) is 0 Å². The minimum absolute atomic E-state index is 0.0727. The molecule has 0 atom stereocenters. The van der Waals surface area contributed by atoms with E-state index in [9.17, 15) is 0 Å². The third kappa shape index (κ3) is 2.54. The number of hydrogen-bond acceptors (Lipinski definition) is 5. The Balaban J connectivity index is 2.13. The number of aromatic nitrogens is 2. The van der Waals surface area contributed by atoms with Crippen molar-refractivity contribution in [2.24, 2.45) is 0 Å². The van der Waals surface area contributed by atoms with E-state index in [1.54, 1.807) is 17.7 Å². The second-order valence-corrected chi connectivity index (χ2v) is 5.98. The molecule has 0 unspecified atom stereocenters. The molecule has 20 heavy (non-hydrogen) atoms. The first kappa shape index (κ1) is 13.5. The van der Waals surface area contributed by atoms with E-state index >= 15 is 0 Å². The molecule has 1 aromatic carbocycles. The largest absolute Gasteiger partial charge is 0.395 e. The topological polar surface area (TPSA) is 58.0 Å². The molecule has 0 fully saturated rings. The number of fused-ring (bicyclic) bond motifs is 1. The Kier molecular flexibility index (Phi) is 3.95. The third-order valence-electron chi connectivity index (χ3n) is 2.93. The summed E-state index contributed by atoms with van der Waals surface area (Å²) in [5.41, 5.74) is 2.24. The van der Waals surface area contributed by atoms with E-state index in [1.807, 2.05) is 12.1 Å². The molecule has 0 radical (unpaired) electrons. The molecule has 0 saturated heterocycles. The molecule has 0 aliphatic heterocycles. The lowest BCUT2D eigenvalue weighted by Gasteiger charge is -2.07. The lowest BCUT2D eigenvalue weighted by Crippen LogP contribution is -2.07. The summed E-state index contributed by atoms with van der Waals surface area (Å²) >= 11 is 5.04. The maximum atomic E-state index is 8.96. The van der Waals surface area contributed by atoms with Crippen molar-refractivity contribution in [3.05, 3.63) is 40.4 Å². The summed E-state index contributed by atoms with van der Waals surface area (Å²) in [6.07, 6.45) is 1.55. The van der Waals surface area contributed by atoms with Crippen LogP contribution in [-0.4, -0.2) is 28.2 Å². The Bertz CT molecular complexity index is 727. The Hall–Kier alpha value is -1.50. The highest BCUT2D eigenvalue weighted by Gasteiger charge is 2.12. The molecule has 0 aliphatic carbocycles. The van der Waals surface area contributed by atoms with Gasteiger partial charge in [-0.3, -0.25) is 0 Å². The smallest absolute Gasteiger partial charge is 0.138 e. The standard InChI is InChI=1S/C14H12BrN3OS/c15-10-3-1-9(2-4-10)11-7-20-14-12(11)13(16-5-6-19)17-8-18-14/h1-4,7-8,19H,5-6H2,(H,16,17,18). The predicted octanol–water partition coefficient (Wildman–Crippen LogP) is 3.53. The van der Waals surface area contributed by atoms with Gasteiger partial charge in [-0.15, -0.1) is 11.3 Å². The maximum absolute atomic E-state index is 8.96. The predicted molar refractivity (Wildman–Crippen MR) is 86.1 cm³/mol. The van der Waals surface area contributed by atoms with Gasteiger partial charge in [0.05, 0.1) is 12.0 Å². The van der Waals surface area contributed by atoms with Gasteiger partial charge in [0.1, 0.15) is 17.0 Å². The SMILES string of the molecule is OCCNc1ncnc2scc(-c3ccc(Br)cc3)c12. The van der Waals surface area contributed by atoms with Crippen molar-refractivity contribution in [2.75, 3.05) is 18.5 Å². The van der Waals surface area contributed by atoms with Crippen LogP contribution in [0, 0.1) is 0 Å². The van der Waals surface area contributed by atoms with Crippen LogP contribution in [0.4, 0.5) is 5.82 Å². The zero-order chi connectivity index (χ0) is 13.9. The van der Waals surface area contributed by atoms with Crippen molar-refractivity contribution in [3.8, 4) is 11.1 Å². The average Bonchev–Trinajstić information content (AvgIpc) is 2.90. The van der Waals surface area contributed by atoms with Gasteiger partial charge in [0.15, 0.2) is 0 Å². The third-order valence-corrected chi connectivity index (χ3v) is 4.34. The fourth-order valence-electron chi connectivity index (χ4n) is 2.03. The number of nitrogens with one attached hydrogen (secondary N) is 1. The number of halogens is 1. The summed E-state index contributed by atoms with van der Waals surface area (Å²) in [7, 11) is 0. The summed E-state index contributed by atoms with van der Waals surface area (Å²) in [6, 6.07) is 8.16. The van der Waals surface area contributed by atoms with Crippen molar-refractivity contribution in [3.63, 3.8) is 0 Å². The molecular weight excluding hydrogens is 338 g/mol. The fourth-order valence-corrected chi connectivity index (χ4v) is 3.21. The van der Waals surface area contributed by atoms with E-state index in [4.69, 9.17) is 5.11 Å². The van der Waals surface area contributed by atoms with Gasteiger partial charge in [-0.2, -0.15) is 0 Å². The highest BCUT2D eigenvalue weighted by molar-refractivity contribution is 9.10. The highest BCUT2D eigenvalue weighted by Crippen LogP contribution is 2.36. The monoisotopic (exact) mass is 349 g/mol. The number of rotatable bonds is 4. The molecule has 6 heteroatoms. The fraction of sp³-hybridized carbons (Fsp3) is 0.143. The van der Waals surface area contributed by atoms with Gasteiger partial charge in [0.25, 0.3) is 0 Å². The number of nitrogens with zero attached hydrogens (tertiary/aromatic N) is 2. The minimum Gasteiger partial charge on any atom is -0.395 e. The van der Waals surface area contributed by atoms with Crippen LogP contribution in [0.2, 0.25) is 0 Å². The van der Waals surface area contributed by atoms with Crippen molar-refractivity contribution in [1.29, 1.82) is 0 Å². The zero-order valence-corrected chi connectivity index (χ0v) is 12.9. The first-order valence-electron chi connectivity index (χ1n) is 6.12. The van der Waals surface area contributed by atoms with Crippen LogP contribution in [0.3, 0.4) is 0 Å². The first-order valence-corrected chi connectivity index (χ1v) is 7.79. The molecule has 0 saturated carbocycles. The molecule has 0 spiro atoms. The van der Waals surface area contributed by atoms with E-state index in [0.29, 0.717) is 6.54 Å². The quantitative estimate of drug-likeness (QED) is 0.756. The van der Waals surface area contributed by atoms with Gasteiger partial charge in [-0.25, -0.2) is 9.97 Å². The molecule has 102 valence electrons. The van der Waals surface area contributed by atoms with Crippen LogP contribution in [0.15, 0.2) is 40.4 Å². The van der Waals surface area contributed by atoms with Crippen molar-refractivity contribution in [1.82, 2.24) is 9.97 Å². The number of aliphatic hydroxyl groups excluding tert-OH is 1. The second-order valence-electron chi connectivity index (χ2n) is 4.21. The van der Waals surface area contributed by atoms with Gasteiger partial charge in [-0.1, -0.05) is 28.1 Å². The van der Waals surface area contributed by atoms with Gasteiger partial charge in [-0.05, 0) is 17.7 Å². The van der Waals surface area contributed by atoms with Crippen molar-refractivity contribution < 1.29 is 5.11 Å². The molecule has 3 aromatic rings. The van der Waals surface area contributed by atoms with Gasteiger partial charge in [0, 0.05) is 22.0 Å². The van der Waals surface area contributed by atoms with Crippen LogP contribution in [0.5, 0.6) is 0 Å². The van der Waals surface area contributed by atoms with Gasteiger partial charge < -0.3 is 10.4 Å². The molecule has 0 amide bonds. The summed E-state index contributed by atoms with van der Waals surface area (Å²) in [6.45, 7) is 0.547. The van der Waals surface area contributed by atoms with Crippen molar-refractivity contribution in [2.45, 2.75) is 0 Å². The maximum Gasteiger partial charge on any atom is 0.138 e. The number of anilines is 1. The normalized spacial score (nSPS) is 10.9. The van der Waals surface area contributed by atoms with Gasteiger partial charge in [0.2, 0.25) is 0 Å². The Morgan fingerprint density at radius 2 is 2.00 bits per heavy atom. The summed E-state index contributed by atoms with van der Waals surface area (Å²) in [5.74, 6) is 0.767. The van der Waals surface area contributed by atoms with E-state index < -0.39 is 0 Å². The highest BCUT2D eigenvalue weighted by atomic mass is 79.9. The average molecular weight is 350 g/mol. The first-order chi connectivity index (χ1) is 9.79. The van der Waals surface area contributed by atoms with E-state index in [0.717, 1.165) is 31.6 Å². The number of hydrogen-bond donors (Lipinski definition) is 2. The Morgan fingerprint density at radius 1 is 1.20 bits per heavy atom. The number of thiophene rings is 1. The molecular formula is C14H12BrN3OS. The van der Waals surface area contributed by atoms with Crippen LogP contribution >= 0.6 is 27.3 Å².